The van der Waals surface area contributed by atoms with Gasteiger partial charge in [0.15, 0.2) is 0 Å². The molecular weight excluding hydrogens is 406 g/mol. The van der Waals surface area contributed by atoms with Gasteiger partial charge in [-0.3, -0.25) is 4.79 Å². The van der Waals surface area contributed by atoms with Crippen LogP contribution in [-0.2, 0) is 16.1 Å². The van der Waals surface area contributed by atoms with Gasteiger partial charge in [-0.15, -0.1) is 0 Å². The van der Waals surface area contributed by atoms with Gasteiger partial charge in [-0.2, -0.15) is 0 Å². The maximum atomic E-state index is 12.6. The van der Waals surface area contributed by atoms with E-state index in [1.54, 1.807) is 6.20 Å². The fourth-order valence-electron chi connectivity index (χ4n) is 4.48. The number of rotatable bonds is 5. The summed E-state index contributed by atoms with van der Waals surface area (Å²) in [6, 6.07) is 11.6. The molecule has 1 aromatic carbocycles. The first-order chi connectivity index (χ1) is 15.7. The number of hydrogen-bond donors (Lipinski definition) is 2. The topological polar surface area (TPSA) is 88.0 Å². The number of imidazole rings is 1. The molecule has 5 rings (SSSR count). The second kappa shape index (κ2) is 9.00. The minimum atomic E-state index is -0.252. The number of nitrogens with zero attached hydrogens (tertiary/aromatic N) is 3. The number of ether oxygens (including phenoxy) is 1. The lowest BCUT2D eigenvalue weighted by Crippen LogP contribution is -2.34. The van der Waals surface area contributed by atoms with Crippen molar-refractivity contribution in [3.63, 3.8) is 0 Å². The number of nitrogens with one attached hydrogen (secondary N) is 2. The molecule has 2 aromatic heterocycles. The minimum Gasteiger partial charge on any atom is -0.381 e. The Kier molecular flexibility index (Phi) is 5.77. The SMILES string of the molecule is O=C(NCc1ccn2ccnc2c1)Nc1ccc(C2CCN(C(=O)[C@H]3CCOC3)C2)cc1. The summed E-state index contributed by atoms with van der Waals surface area (Å²) in [4.78, 5) is 31.1. The van der Waals surface area contributed by atoms with Crippen LogP contribution in [0.4, 0.5) is 10.5 Å². The van der Waals surface area contributed by atoms with E-state index in [9.17, 15) is 9.59 Å². The van der Waals surface area contributed by atoms with Crippen LogP contribution in [0.15, 0.2) is 55.0 Å². The molecule has 8 heteroatoms. The number of carbonyl (C=O) groups is 2. The number of likely N-dealkylation sites (tertiary alicyclic amines) is 1. The number of amides is 3. The molecule has 32 heavy (non-hydrogen) atoms. The molecule has 0 spiro atoms. The van der Waals surface area contributed by atoms with E-state index in [-0.39, 0.29) is 17.9 Å². The van der Waals surface area contributed by atoms with Gasteiger partial charge in [0.05, 0.1) is 12.5 Å². The highest BCUT2D eigenvalue weighted by Gasteiger charge is 2.33. The number of aromatic nitrogens is 2. The highest BCUT2D eigenvalue weighted by atomic mass is 16.5. The first kappa shape index (κ1) is 20.5. The smallest absolute Gasteiger partial charge is 0.319 e. The molecule has 0 saturated carbocycles. The highest BCUT2D eigenvalue weighted by molar-refractivity contribution is 5.89. The van der Waals surface area contributed by atoms with Crippen LogP contribution in [0, 0.1) is 5.92 Å². The van der Waals surface area contributed by atoms with E-state index in [1.165, 1.54) is 5.56 Å². The molecule has 0 aliphatic carbocycles. The Labute approximate surface area is 186 Å². The summed E-state index contributed by atoms with van der Waals surface area (Å²) in [6.07, 6.45) is 7.35. The lowest BCUT2D eigenvalue weighted by atomic mass is 9.98. The van der Waals surface area contributed by atoms with Gasteiger partial charge in [0.1, 0.15) is 5.65 Å². The maximum Gasteiger partial charge on any atom is 0.319 e. The normalized spacial score (nSPS) is 20.6. The Morgan fingerprint density at radius 2 is 2.00 bits per heavy atom. The minimum absolute atomic E-state index is 0.0282. The van der Waals surface area contributed by atoms with Crippen molar-refractivity contribution in [1.29, 1.82) is 0 Å². The summed E-state index contributed by atoms with van der Waals surface area (Å²) < 4.78 is 7.28. The van der Waals surface area contributed by atoms with E-state index in [0.29, 0.717) is 25.7 Å². The molecule has 2 aliphatic rings. The molecule has 1 unspecified atom stereocenters. The molecule has 2 atom stereocenters. The zero-order valence-corrected chi connectivity index (χ0v) is 17.9. The van der Waals surface area contributed by atoms with Crippen molar-refractivity contribution in [2.45, 2.75) is 25.3 Å². The summed E-state index contributed by atoms with van der Waals surface area (Å²) in [5.74, 6) is 0.592. The third-order valence-electron chi connectivity index (χ3n) is 6.33. The molecule has 3 aromatic rings. The van der Waals surface area contributed by atoms with Crippen molar-refractivity contribution < 1.29 is 14.3 Å². The monoisotopic (exact) mass is 433 g/mol. The Bertz CT molecular complexity index is 1100. The van der Waals surface area contributed by atoms with Crippen LogP contribution < -0.4 is 10.6 Å². The molecule has 0 radical (unpaired) electrons. The molecule has 4 heterocycles. The van der Waals surface area contributed by atoms with Crippen molar-refractivity contribution in [3.05, 3.63) is 66.1 Å². The van der Waals surface area contributed by atoms with E-state index >= 15 is 0 Å². The predicted molar refractivity (Wildman–Crippen MR) is 120 cm³/mol. The molecular formula is C24H27N5O3. The summed E-state index contributed by atoms with van der Waals surface area (Å²) in [6.45, 7) is 3.22. The van der Waals surface area contributed by atoms with Crippen molar-refractivity contribution in [2.24, 2.45) is 5.92 Å². The van der Waals surface area contributed by atoms with Gasteiger partial charge >= 0.3 is 6.03 Å². The number of pyridine rings is 1. The van der Waals surface area contributed by atoms with Gasteiger partial charge in [-0.25, -0.2) is 9.78 Å². The lowest BCUT2D eigenvalue weighted by molar-refractivity contribution is -0.134. The van der Waals surface area contributed by atoms with Crippen LogP contribution in [0.1, 0.15) is 29.9 Å². The fraction of sp³-hybridized carbons (Fsp3) is 0.375. The molecule has 3 amide bonds. The first-order valence-electron chi connectivity index (χ1n) is 11.1. The zero-order valence-electron chi connectivity index (χ0n) is 17.9. The molecule has 2 N–H and O–H groups in total. The Balaban J connectivity index is 1.12. The fourth-order valence-corrected chi connectivity index (χ4v) is 4.48. The van der Waals surface area contributed by atoms with Gasteiger partial charge in [0.2, 0.25) is 5.91 Å². The number of carbonyl (C=O) groups excluding carboxylic acids is 2. The third kappa shape index (κ3) is 4.45. The molecule has 166 valence electrons. The Morgan fingerprint density at radius 1 is 1.12 bits per heavy atom. The number of anilines is 1. The molecule has 2 fully saturated rings. The van der Waals surface area contributed by atoms with Gasteiger partial charge in [-0.1, -0.05) is 12.1 Å². The summed E-state index contributed by atoms with van der Waals surface area (Å²) in [7, 11) is 0. The first-order valence-corrected chi connectivity index (χ1v) is 11.1. The number of benzene rings is 1. The van der Waals surface area contributed by atoms with Gasteiger partial charge < -0.3 is 24.7 Å². The average molecular weight is 434 g/mol. The van der Waals surface area contributed by atoms with E-state index in [1.807, 2.05) is 58.1 Å². The van der Waals surface area contributed by atoms with Crippen molar-refractivity contribution in [1.82, 2.24) is 19.6 Å². The largest absolute Gasteiger partial charge is 0.381 e. The molecule has 2 saturated heterocycles. The van der Waals surface area contributed by atoms with E-state index in [0.717, 1.165) is 42.8 Å². The number of hydrogen-bond acceptors (Lipinski definition) is 4. The molecule has 0 bridgehead atoms. The Hall–Kier alpha value is -3.39. The highest BCUT2D eigenvalue weighted by Crippen LogP contribution is 2.30. The van der Waals surface area contributed by atoms with E-state index < -0.39 is 0 Å². The average Bonchev–Trinajstić information content (AvgIpc) is 3.59. The second-order valence-corrected chi connectivity index (χ2v) is 8.49. The van der Waals surface area contributed by atoms with Gasteiger partial charge in [0, 0.05) is 56.4 Å². The number of urea groups is 1. The third-order valence-corrected chi connectivity index (χ3v) is 6.33. The van der Waals surface area contributed by atoms with Crippen molar-refractivity contribution in [2.75, 3.05) is 31.6 Å². The number of fused-ring (bicyclic) bond motifs is 1. The lowest BCUT2D eigenvalue weighted by Gasteiger charge is -2.20. The quantitative estimate of drug-likeness (QED) is 0.648. The van der Waals surface area contributed by atoms with Crippen LogP contribution in [-0.4, -0.2) is 52.5 Å². The summed E-state index contributed by atoms with van der Waals surface area (Å²) >= 11 is 0. The summed E-state index contributed by atoms with van der Waals surface area (Å²) in [5, 5.41) is 5.75. The van der Waals surface area contributed by atoms with Gasteiger partial charge in [0.25, 0.3) is 0 Å². The standard InChI is InChI=1S/C24H27N5O3/c30-23(20-7-12-32-16-20)29-10-6-19(15-29)18-1-3-21(4-2-18)27-24(31)26-14-17-5-9-28-11-8-25-22(28)13-17/h1-5,8-9,11,13,19-20H,6-7,10,12,14-16H2,(H2,26,27,31)/t19?,20-/m0/s1. The van der Waals surface area contributed by atoms with Gasteiger partial charge in [-0.05, 0) is 48.2 Å². The Morgan fingerprint density at radius 3 is 2.81 bits per heavy atom. The van der Waals surface area contributed by atoms with Crippen LogP contribution in [0.5, 0.6) is 0 Å². The summed E-state index contributed by atoms with van der Waals surface area (Å²) in [5.41, 5.74) is 3.77. The molecule has 8 nitrogen and oxygen atoms in total. The van der Waals surface area contributed by atoms with E-state index in [4.69, 9.17) is 4.74 Å². The van der Waals surface area contributed by atoms with Crippen LogP contribution in [0.2, 0.25) is 0 Å². The zero-order chi connectivity index (χ0) is 21.9. The van der Waals surface area contributed by atoms with Crippen molar-refractivity contribution in [3.8, 4) is 0 Å². The maximum absolute atomic E-state index is 12.6. The van der Waals surface area contributed by atoms with Crippen LogP contribution in [0.3, 0.4) is 0 Å². The van der Waals surface area contributed by atoms with Crippen LogP contribution in [0.25, 0.3) is 5.65 Å². The van der Waals surface area contributed by atoms with E-state index in [2.05, 4.69) is 15.6 Å². The molecule has 2 aliphatic heterocycles. The predicted octanol–water partition coefficient (Wildman–Crippen LogP) is 3.01. The van der Waals surface area contributed by atoms with Crippen LogP contribution >= 0.6 is 0 Å². The van der Waals surface area contributed by atoms with Crippen molar-refractivity contribution >= 4 is 23.3 Å². The second-order valence-electron chi connectivity index (χ2n) is 8.49.